The van der Waals surface area contributed by atoms with Crippen LogP contribution in [0.5, 0.6) is 5.75 Å². The van der Waals surface area contributed by atoms with E-state index in [1.165, 1.54) is 33.4 Å². The first-order valence-corrected chi connectivity index (χ1v) is 15.5. The second-order valence-corrected chi connectivity index (χ2v) is 13.4. The first-order valence-electron chi connectivity index (χ1n) is 12.3. The molecule has 0 amide bonds. The lowest BCUT2D eigenvalue weighted by Crippen LogP contribution is -2.38. The van der Waals surface area contributed by atoms with Gasteiger partial charge < -0.3 is 14.4 Å². The average molecular weight is 571 g/mol. The lowest BCUT2D eigenvalue weighted by atomic mass is 10.3. The van der Waals surface area contributed by atoms with Gasteiger partial charge in [-0.15, -0.1) is 0 Å². The fourth-order valence-corrected chi connectivity index (χ4v) is 9.14. The van der Waals surface area contributed by atoms with E-state index in [4.69, 9.17) is 9.84 Å². The van der Waals surface area contributed by atoms with Crippen LogP contribution in [0, 0.1) is 0 Å². The molecule has 0 aromatic heterocycles. The van der Waals surface area contributed by atoms with Crippen LogP contribution in [0.1, 0.15) is 0 Å². The summed E-state index contributed by atoms with van der Waals surface area (Å²) in [5, 5.41) is 13.8. The molecule has 6 nitrogen and oxygen atoms in total. The second-order valence-electron chi connectivity index (χ2n) is 8.62. The highest BCUT2D eigenvalue weighted by Crippen LogP contribution is 2.53. The van der Waals surface area contributed by atoms with E-state index in [-0.39, 0.29) is 5.75 Å². The van der Waals surface area contributed by atoms with E-state index in [0.717, 1.165) is 12.1 Å². The summed E-state index contributed by atoms with van der Waals surface area (Å²) in [6.45, 7) is -0.595. The van der Waals surface area contributed by atoms with Gasteiger partial charge in [-0.2, -0.15) is 0 Å². The molecule has 0 radical (unpaired) electrons. The van der Waals surface area contributed by atoms with E-state index in [2.05, 4.69) is 121 Å². The summed E-state index contributed by atoms with van der Waals surface area (Å²) in [5.74, 6) is -1.17. The summed E-state index contributed by atoms with van der Waals surface area (Å²) in [7, 11) is -6.45. The molecule has 0 fully saturated rings. The lowest BCUT2D eigenvalue weighted by molar-refractivity contribution is -0.139. The number of ether oxygens (including phenoxy) is 1. The molecule has 0 spiro atoms. The SMILES string of the molecule is O=C(O)COc1cccc(S(=O)(=O)[O-])c1.c1ccc([P+](c2ccccc2)(c2ccccc2)c2ccccc2)cc1. The van der Waals surface area contributed by atoms with E-state index in [0.29, 0.717) is 0 Å². The largest absolute Gasteiger partial charge is 0.744 e. The van der Waals surface area contributed by atoms with Crippen LogP contribution in [0.2, 0.25) is 0 Å². The van der Waals surface area contributed by atoms with Crippen LogP contribution in [0.15, 0.2) is 150 Å². The van der Waals surface area contributed by atoms with Gasteiger partial charge in [0.05, 0.1) is 4.90 Å². The molecule has 0 bridgehead atoms. The maximum absolute atomic E-state index is 10.6. The monoisotopic (exact) mass is 570 g/mol. The van der Waals surface area contributed by atoms with Gasteiger partial charge in [-0.1, -0.05) is 78.9 Å². The van der Waals surface area contributed by atoms with Gasteiger partial charge in [-0.25, -0.2) is 13.2 Å². The van der Waals surface area contributed by atoms with Crippen molar-refractivity contribution in [2.24, 2.45) is 0 Å². The normalized spacial score (nSPS) is 11.1. The molecule has 1 N–H and O–H groups in total. The highest BCUT2D eigenvalue weighted by molar-refractivity contribution is 8.01. The van der Waals surface area contributed by atoms with Crippen molar-refractivity contribution >= 4 is 44.6 Å². The molecule has 0 unspecified atom stereocenters. The van der Waals surface area contributed by atoms with Gasteiger partial charge in [0.1, 0.15) is 44.3 Å². The Kier molecular flexibility index (Phi) is 9.46. The molecule has 40 heavy (non-hydrogen) atoms. The van der Waals surface area contributed by atoms with E-state index in [1.807, 2.05) is 0 Å². The van der Waals surface area contributed by atoms with Gasteiger partial charge in [0.15, 0.2) is 6.61 Å². The Balaban J connectivity index is 0.000000212. The van der Waals surface area contributed by atoms with Crippen LogP contribution in [0.3, 0.4) is 0 Å². The summed E-state index contributed by atoms with van der Waals surface area (Å²) in [4.78, 5) is 9.70. The molecule has 0 atom stereocenters. The van der Waals surface area contributed by atoms with Crippen molar-refractivity contribution in [1.82, 2.24) is 0 Å². The number of carboxylic acids is 1. The van der Waals surface area contributed by atoms with Gasteiger partial charge in [0.25, 0.3) is 0 Å². The average Bonchev–Trinajstić information content (AvgIpc) is 2.99. The number of rotatable bonds is 8. The summed E-state index contributed by atoms with van der Waals surface area (Å²) < 4.78 is 36.5. The predicted molar refractivity (Wildman–Crippen MR) is 159 cm³/mol. The smallest absolute Gasteiger partial charge is 0.341 e. The Morgan fingerprint density at radius 3 is 1.32 bits per heavy atom. The maximum Gasteiger partial charge on any atom is 0.341 e. The highest BCUT2D eigenvalue weighted by atomic mass is 32.2. The van der Waals surface area contributed by atoms with Crippen molar-refractivity contribution in [1.29, 1.82) is 0 Å². The molecule has 8 heteroatoms. The van der Waals surface area contributed by atoms with Crippen LogP contribution in [0.4, 0.5) is 0 Å². The minimum Gasteiger partial charge on any atom is -0.744 e. The predicted octanol–water partition coefficient (Wildman–Crippen LogP) is 4.36. The molecule has 0 aliphatic rings. The number of carbonyl (C=O) groups is 1. The van der Waals surface area contributed by atoms with Crippen molar-refractivity contribution in [3.63, 3.8) is 0 Å². The van der Waals surface area contributed by atoms with Crippen LogP contribution >= 0.6 is 7.26 Å². The maximum atomic E-state index is 10.6. The highest BCUT2D eigenvalue weighted by Gasteiger charge is 2.47. The van der Waals surface area contributed by atoms with E-state index in [1.54, 1.807) is 0 Å². The molecule has 0 saturated heterocycles. The van der Waals surface area contributed by atoms with Gasteiger partial charge >= 0.3 is 5.97 Å². The first kappa shape index (κ1) is 28.7. The summed E-state index contributed by atoms with van der Waals surface area (Å²) in [6.07, 6.45) is 0. The molecular weight excluding hydrogens is 543 g/mol. The number of hydrogen-bond donors (Lipinski definition) is 1. The molecule has 0 heterocycles. The quantitative estimate of drug-likeness (QED) is 0.220. The van der Waals surface area contributed by atoms with Gasteiger partial charge in [-0.05, 0) is 66.7 Å². The molecule has 0 aliphatic heterocycles. The number of carboxylic acid groups (broad SMARTS) is 1. The Bertz CT molecular complexity index is 1470. The fraction of sp³-hybridized carbons (Fsp3) is 0.0312. The molecular formula is C32H27O6PS. The number of aliphatic carboxylic acids is 1. The fourth-order valence-electron chi connectivity index (χ4n) is 4.37. The third-order valence-electron chi connectivity index (χ3n) is 6.03. The minimum atomic E-state index is -4.54. The van der Waals surface area contributed by atoms with Crippen LogP contribution in [0.25, 0.3) is 0 Å². The van der Waals surface area contributed by atoms with Gasteiger partial charge in [0, 0.05) is 0 Å². The Morgan fingerprint density at radius 1 is 0.625 bits per heavy atom. The Hall–Kier alpha value is -4.29. The molecule has 0 aliphatic carbocycles. The number of benzene rings is 5. The topological polar surface area (TPSA) is 104 Å². The summed E-state index contributed by atoms with van der Waals surface area (Å²) >= 11 is 0. The zero-order chi connectivity index (χ0) is 28.4. The van der Waals surface area contributed by atoms with E-state index >= 15 is 0 Å². The molecule has 5 aromatic rings. The van der Waals surface area contributed by atoms with Crippen molar-refractivity contribution in [3.8, 4) is 5.75 Å². The van der Waals surface area contributed by atoms with Crippen molar-refractivity contribution < 1.29 is 27.6 Å². The third-order valence-corrected chi connectivity index (χ3v) is 11.2. The third kappa shape index (κ3) is 6.82. The van der Waals surface area contributed by atoms with Crippen LogP contribution < -0.4 is 26.0 Å². The zero-order valence-electron chi connectivity index (χ0n) is 21.4. The molecule has 202 valence electrons. The molecule has 5 rings (SSSR count). The van der Waals surface area contributed by atoms with Gasteiger partial charge in [0.2, 0.25) is 0 Å². The van der Waals surface area contributed by atoms with E-state index in [9.17, 15) is 17.8 Å². The molecule has 0 saturated carbocycles. The lowest BCUT2D eigenvalue weighted by Gasteiger charge is -2.27. The molecule has 5 aromatic carbocycles. The van der Waals surface area contributed by atoms with Crippen molar-refractivity contribution in [2.45, 2.75) is 4.90 Å². The second kappa shape index (κ2) is 13.2. The van der Waals surface area contributed by atoms with Crippen molar-refractivity contribution in [2.75, 3.05) is 6.61 Å². The first-order chi connectivity index (χ1) is 19.3. The standard InChI is InChI=1S/C24H20P.C8H8O6S/c1-5-13-21(14-6-1)25(22-15-7-2-8-16-22,23-17-9-3-10-18-23)24-19-11-4-12-20-24;9-8(10)5-14-6-2-1-3-7(4-6)15(11,12)13/h1-20H;1-4H,5H2,(H,9,10)(H,11,12,13)/q+1;/p-1. The minimum absolute atomic E-state index is 0.0225. The summed E-state index contributed by atoms with van der Waals surface area (Å²) in [6, 6.07) is 48.6. The van der Waals surface area contributed by atoms with E-state index < -0.39 is 34.9 Å². The number of hydrogen-bond acceptors (Lipinski definition) is 5. The van der Waals surface area contributed by atoms with Crippen LogP contribution in [-0.2, 0) is 14.9 Å². The van der Waals surface area contributed by atoms with Gasteiger partial charge in [-0.3, -0.25) is 0 Å². The summed E-state index contributed by atoms with van der Waals surface area (Å²) in [5.41, 5.74) is 0. The van der Waals surface area contributed by atoms with Crippen LogP contribution in [-0.4, -0.2) is 30.7 Å². The van der Waals surface area contributed by atoms with Crippen molar-refractivity contribution in [3.05, 3.63) is 146 Å². The Labute approximate surface area is 234 Å². The zero-order valence-corrected chi connectivity index (χ0v) is 23.1. The Morgan fingerprint density at radius 2 is 1.00 bits per heavy atom.